The smallest absolute Gasteiger partial charge is 0.236 e. The van der Waals surface area contributed by atoms with E-state index in [9.17, 15) is 4.79 Å². The van der Waals surface area contributed by atoms with Crippen LogP contribution in [-0.4, -0.2) is 24.0 Å². The van der Waals surface area contributed by atoms with E-state index in [-0.39, 0.29) is 11.9 Å². The lowest BCUT2D eigenvalue weighted by atomic mass is 10.1. The monoisotopic (exact) mass is 224 g/mol. The number of unbranched alkanes of at least 4 members (excludes halogenated alkanes) is 2. The molecule has 0 saturated heterocycles. The summed E-state index contributed by atoms with van der Waals surface area (Å²) in [4.78, 5) is 11.7. The van der Waals surface area contributed by atoms with Gasteiger partial charge in [0, 0.05) is 6.54 Å². The highest BCUT2D eigenvalue weighted by Crippen LogP contribution is 2.01. The molecule has 0 bridgehead atoms. The quantitative estimate of drug-likeness (QED) is 0.510. The average Bonchev–Trinajstić information content (AvgIpc) is 2.23. The Morgan fingerprint density at radius 2 is 2.06 bits per heavy atom. The van der Waals surface area contributed by atoms with Crippen LogP contribution in [0.15, 0.2) is 0 Å². The van der Waals surface area contributed by atoms with E-state index in [0.29, 0.717) is 0 Å². The Hall–Kier alpha value is -1.01. The predicted octanol–water partition coefficient (Wildman–Crippen LogP) is 1.68. The minimum atomic E-state index is -0.444. The van der Waals surface area contributed by atoms with E-state index in [2.05, 4.69) is 23.5 Å². The van der Waals surface area contributed by atoms with Gasteiger partial charge in [0.25, 0.3) is 0 Å². The van der Waals surface area contributed by atoms with Gasteiger partial charge in [-0.3, -0.25) is 10.1 Å². The molecule has 1 unspecified atom stereocenters. The van der Waals surface area contributed by atoms with Crippen molar-refractivity contribution in [2.24, 2.45) is 0 Å². The first kappa shape index (κ1) is 15.0. The van der Waals surface area contributed by atoms with Crippen molar-refractivity contribution in [3.05, 3.63) is 0 Å². The number of hydrogen-bond donors (Lipinski definition) is 2. The maximum absolute atomic E-state index is 11.7. The normalized spacial score (nSPS) is 12.9. The van der Waals surface area contributed by atoms with Crippen LogP contribution in [0.3, 0.4) is 0 Å². The summed E-state index contributed by atoms with van der Waals surface area (Å²) in [6.45, 7) is 8.48. The van der Waals surface area contributed by atoms with Crippen LogP contribution in [-0.2, 0) is 4.79 Å². The summed E-state index contributed by atoms with van der Waals surface area (Å²) in [6.07, 6.45) is 8.70. The van der Waals surface area contributed by atoms with Gasteiger partial charge in [0.1, 0.15) is 0 Å². The van der Waals surface area contributed by atoms with Crippen molar-refractivity contribution < 1.29 is 4.79 Å². The van der Waals surface area contributed by atoms with Crippen LogP contribution in [0, 0.1) is 12.3 Å². The van der Waals surface area contributed by atoms with Gasteiger partial charge in [0.2, 0.25) is 5.91 Å². The van der Waals surface area contributed by atoms with Gasteiger partial charge < -0.3 is 5.32 Å². The van der Waals surface area contributed by atoms with Gasteiger partial charge in [-0.1, -0.05) is 25.7 Å². The molecule has 0 aliphatic rings. The summed E-state index contributed by atoms with van der Waals surface area (Å²) in [5.41, 5.74) is -0.444. The first-order valence-electron chi connectivity index (χ1n) is 5.96. The fraction of sp³-hybridized carbons (Fsp3) is 0.769. The standard InChI is InChI=1S/C13H24N2O/c1-6-8-9-10-14-12(16)11(3)15-13(4,5)7-2/h2,11,15H,6,8-10H2,1,3-5H3,(H,14,16). The molecule has 92 valence electrons. The summed E-state index contributed by atoms with van der Waals surface area (Å²) < 4.78 is 0. The average molecular weight is 224 g/mol. The van der Waals surface area contributed by atoms with E-state index in [4.69, 9.17) is 6.42 Å². The number of carbonyl (C=O) groups is 1. The summed E-state index contributed by atoms with van der Waals surface area (Å²) >= 11 is 0. The Morgan fingerprint density at radius 1 is 1.44 bits per heavy atom. The fourth-order valence-electron chi connectivity index (χ4n) is 1.39. The topological polar surface area (TPSA) is 41.1 Å². The first-order valence-corrected chi connectivity index (χ1v) is 5.96. The molecule has 0 rings (SSSR count). The first-order chi connectivity index (χ1) is 7.43. The Bertz CT molecular complexity index is 253. The Labute approximate surface area is 99.4 Å². The van der Waals surface area contributed by atoms with Crippen molar-refractivity contribution >= 4 is 5.91 Å². The second-order valence-corrected chi connectivity index (χ2v) is 4.63. The molecule has 1 amide bonds. The van der Waals surface area contributed by atoms with Crippen molar-refractivity contribution in [2.45, 2.75) is 58.5 Å². The van der Waals surface area contributed by atoms with Gasteiger partial charge in [0.15, 0.2) is 0 Å². The van der Waals surface area contributed by atoms with E-state index in [1.165, 1.54) is 0 Å². The zero-order chi connectivity index (χ0) is 12.6. The molecule has 0 radical (unpaired) electrons. The van der Waals surface area contributed by atoms with Crippen LogP contribution in [0.25, 0.3) is 0 Å². The molecule has 0 heterocycles. The molecule has 2 N–H and O–H groups in total. The number of carbonyl (C=O) groups excluding carboxylic acids is 1. The number of rotatable bonds is 7. The highest BCUT2D eigenvalue weighted by molar-refractivity contribution is 5.81. The van der Waals surface area contributed by atoms with Crippen LogP contribution < -0.4 is 10.6 Å². The molecule has 0 aliphatic carbocycles. The second kappa shape index (κ2) is 7.29. The maximum Gasteiger partial charge on any atom is 0.236 e. The number of amides is 1. The largest absolute Gasteiger partial charge is 0.355 e. The molecule has 0 saturated carbocycles. The summed E-state index contributed by atoms with van der Waals surface area (Å²) in [5.74, 6) is 2.63. The molecule has 3 heteroatoms. The lowest BCUT2D eigenvalue weighted by molar-refractivity contribution is -0.123. The van der Waals surface area contributed by atoms with E-state index >= 15 is 0 Å². The van der Waals surface area contributed by atoms with E-state index in [1.54, 1.807) is 0 Å². The van der Waals surface area contributed by atoms with Crippen LogP contribution in [0.4, 0.5) is 0 Å². The van der Waals surface area contributed by atoms with E-state index in [0.717, 1.165) is 25.8 Å². The van der Waals surface area contributed by atoms with Gasteiger partial charge in [-0.05, 0) is 27.2 Å². The Kier molecular flexibility index (Phi) is 6.83. The molecule has 0 fully saturated rings. The minimum absolute atomic E-state index is 0.0134. The molecule has 0 aromatic carbocycles. The molecule has 0 aromatic rings. The fourth-order valence-corrected chi connectivity index (χ4v) is 1.39. The third kappa shape index (κ3) is 6.47. The lowest BCUT2D eigenvalue weighted by Crippen LogP contribution is -2.50. The van der Waals surface area contributed by atoms with Gasteiger partial charge in [-0.2, -0.15) is 0 Å². The molecule has 1 atom stereocenters. The predicted molar refractivity (Wildman–Crippen MR) is 68.0 cm³/mol. The zero-order valence-electron chi connectivity index (χ0n) is 10.9. The summed E-state index contributed by atoms with van der Waals surface area (Å²) in [6, 6.07) is -0.257. The van der Waals surface area contributed by atoms with Gasteiger partial charge >= 0.3 is 0 Å². The molecular formula is C13H24N2O. The van der Waals surface area contributed by atoms with Gasteiger partial charge in [0.05, 0.1) is 11.6 Å². The second-order valence-electron chi connectivity index (χ2n) is 4.63. The van der Waals surface area contributed by atoms with Crippen molar-refractivity contribution in [1.29, 1.82) is 0 Å². The molecule has 3 nitrogen and oxygen atoms in total. The van der Waals surface area contributed by atoms with Crippen LogP contribution in [0.5, 0.6) is 0 Å². The van der Waals surface area contributed by atoms with Crippen LogP contribution >= 0.6 is 0 Å². The van der Waals surface area contributed by atoms with Crippen molar-refractivity contribution in [3.63, 3.8) is 0 Å². The molecule has 0 aromatic heterocycles. The number of nitrogens with one attached hydrogen (secondary N) is 2. The summed E-state index contributed by atoms with van der Waals surface area (Å²) in [5, 5.41) is 5.99. The Balaban J connectivity index is 3.87. The molecule has 0 aliphatic heterocycles. The van der Waals surface area contributed by atoms with Crippen molar-refractivity contribution in [1.82, 2.24) is 10.6 Å². The van der Waals surface area contributed by atoms with Gasteiger partial charge in [-0.25, -0.2) is 0 Å². The molecule has 0 spiro atoms. The zero-order valence-corrected chi connectivity index (χ0v) is 10.9. The van der Waals surface area contributed by atoms with E-state index < -0.39 is 5.54 Å². The molecule has 16 heavy (non-hydrogen) atoms. The lowest BCUT2D eigenvalue weighted by Gasteiger charge is -2.24. The SMILES string of the molecule is C#CC(C)(C)NC(C)C(=O)NCCCCC. The number of hydrogen-bond acceptors (Lipinski definition) is 2. The van der Waals surface area contributed by atoms with Crippen LogP contribution in [0.2, 0.25) is 0 Å². The highest BCUT2D eigenvalue weighted by atomic mass is 16.2. The Morgan fingerprint density at radius 3 is 2.56 bits per heavy atom. The van der Waals surface area contributed by atoms with Crippen molar-refractivity contribution in [2.75, 3.05) is 6.54 Å². The third-order valence-electron chi connectivity index (χ3n) is 2.41. The molecular weight excluding hydrogens is 200 g/mol. The maximum atomic E-state index is 11.7. The van der Waals surface area contributed by atoms with Crippen molar-refractivity contribution in [3.8, 4) is 12.3 Å². The minimum Gasteiger partial charge on any atom is -0.355 e. The third-order valence-corrected chi connectivity index (χ3v) is 2.41. The summed E-state index contributed by atoms with van der Waals surface area (Å²) in [7, 11) is 0. The highest BCUT2D eigenvalue weighted by Gasteiger charge is 2.20. The van der Waals surface area contributed by atoms with E-state index in [1.807, 2.05) is 20.8 Å². The van der Waals surface area contributed by atoms with Gasteiger partial charge in [-0.15, -0.1) is 6.42 Å². The van der Waals surface area contributed by atoms with Crippen LogP contribution in [0.1, 0.15) is 47.0 Å². The number of terminal acetylenes is 1.